The Morgan fingerprint density at radius 2 is 1.93 bits per heavy atom. The van der Waals surface area contributed by atoms with Crippen LogP contribution in [0.4, 0.5) is 4.39 Å². The lowest BCUT2D eigenvalue weighted by molar-refractivity contribution is -0.120. The summed E-state index contributed by atoms with van der Waals surface area (Å²) in [6.07, 6.45) is 3.33. The average molecular weight is 368 g/mol. The molecule has 3 rings (SSSR count). The van der Waals surface area contributed by atoms with Crippen molar-refractivity contribution in [2.45, 2.75) is 26.4 Å². The summed E-state index contributed by atoms with van der Waals surface area (Å²) in [4.78, 5) is 28.7. The van der Waals surface area contributed by atoms with Gasteiger partial charge in [-0.3, -0.25) is 9.59 Å². The number of hydrogen-bond acceptors (Lipinski definition) is 3. The van der Waals surface area contributed by atoms with E-state index in [2.05, 4.69) is 10.3 Å². The van der Waals surface area contributed by atoms with E-state index in [-0.39, 0.29) is 17.6 Å². The molecule has 0 aliphatic rings. The van der Waals surface area contributed by atoms with Gasteiger partial charge in [0.05, 0.1) is 5.56 Å². The van der Waals surface area contributed by atoms with Crippen LogP contribution in [0.1, 0.15) is 29.8 Å². The summed E-state index contributed by atoms with van der Waals surface area (Å²) in [5.74, 6) is -1.40. The summed E-state index contributed by atoms with van der Waals surface area (Å²) in [5.41, 5.74) is 7.31. The first kappa shape index (κ1) is 18.6. The molecule has 0 spiro atoms. The van der Waals surface area contributed by atoms with Gasteiger partial charge in [-0.05, 0) is 35.7 Å². The highest BCUT2D eigenvalue weighted by atomic mass is 19.1. The van der Waals surface area contributed by atoms with Crippen LogP contribution in [0.25, 0.3) is 11.0 Å². The van der Waals surface area contributed by atoms with Crippen molar-refractivity contribution in [1.82, 2.24) is 14.9 Å². The predicted molar refractivity (Wildman–Crippen MR) is 101 cm³/mol. The molecule has 0 bridgehead atoms. The van der Waals surface area contributed by atoms with E-state index in [0.717, 1.165) is 5.56 Å². The third-order valence-electron chi connectivity index (χ3n) is 4.40. The van der Waals surface area contributed by atoms with Crippen LogP contribution in [-0.4, -0.2) is 27.4 Å². The summed E-state index contributed by atoms with van der Waals surface area (Å²) in [6, 6.07) is 8.94. The van der Waals surface area contributed by atoms with E-state index in [0.29, 0.717) is 23.1 Å². The van der Waals surface area contributed by atoms with Gasteiger partial charge >= 0.3 is 0 Å². The SMILES string of the molecule is CC(C)C(NC(=O)c1cn(Cc2ccc(F)cc2)c2ncccc12)C(N)=O. The second-order valence-corrected chi connectivity index (χ2v) is 6.77. The average Bonchev–Trinajstić information content (AvgIpc) is 3.00. The lowest BCUT2D eigenvalue weighted by atomic mass is 10.0. The number of amides is 2. The molecule has 27 heavy (non-hydrogen) atoms. The quantitative estimate of drug-likeness (QED) is 0.700. The summed E-state index contributed by atoms with van der Waals surface area (Å²) in [5, 5.41) is 3.38. The fourth-order valence-electron chi connectivity index (χ4n) is 3.00. The molecule has 1 unspecified atom stereocenters. The summed E-state index contributed by atoms with van der Waals surface area (Å²) in [7, 11) is 0. The van der Waals surface area contributed by atoms with Gasteiger partial charge in [-0.2, -0.15) is 0 Å². The number of nitrogens with two attached hydrogens (primary N) is 1. The molecule has 0 aliphatic heterocycles. The van der Waals surface area contributed by atoms with Crippen LogP contribution >= 0.6 is 0 Å². The zero-order chi connectivity index (χ0) is 19.6. The van der Waals surface area contributed by atoms with Crippen molar-refractivity contribution >= 4 is 22.8 Å². The Balaban J connectivity index is 1.95. The fraction of sp³-hybridized carbons (Fsp3) is 0.250. The standard InChI is InChI=1S/C20H21FN4O2/c1-12(2)17(18(22)26)24-20(27)16-11-25(19-15(16)4-3-9-23-19)10-13-5-7-14(21)8-6-13/h3-9,11-12,17H,10H2,1-2H3,(H2,22,26)(H,24,27). The number of pyridine rings is 1. The van der Waals surface area contributed by atoms with Crippen molar-refractivity contribution in [3.63, 3.8) is 0 Å². The third-order valence-corrected chi connectivity index (χ3v) is 4.40. The minimum atomic E-state index is -0.760. The second kappa shape index (κ2) is 7.57. The monoisotopic (exact) mass is 368 g/mol. The highest BCUT2D eigenvalue weighted by Gasteiger charge is 2.24. The van der Waals surface area contributed by atoms with Crippen LogP contribution in [0, 0.1) is 11.7 Å². The van der Waals surface area contributed by atoms with E-state index in [9.17, 15) is 14.0 Å². The van der Waals surface area contributed by atoms with Gasteiger partial charge in [-0.25, -0.2) is 9.37 Å². The number of fused-ring (bicyclic) bond motifs is 1. The van der Waals surface area contributed by atoms with Crippen LogP contribution in [0.2, 0.25) is 0 Å². The number of aromatic nitrogens is 2. The summed E-state index contributed by atoms with van der Waals surface area (Å²) < 4.78 is 15.0. The van der Waals surface area contributed by atoms with Crippen LogP contribution < -0.4 is 11.1 Å². The smallest absolute Gasteiger partial charge is 0.254 e. The Hall–Kier alpha value is -3.22. The number of primary amides is 1. The van der Waals surface area contributed by atoms with E-state index >= 15 is 0 Å². The highest BCUT2D eigenvalue weighted by molar-refractivity contribution is 6.07. The van der Waals surface area contributed by atoms with Crippen LogP contribution in [0.5, 0.6) is 0 Å². The van der Waals surface area contributed by atoms with E-state index in [1.807, 2.05) is 18.4 Å². The normalized spacial score (nSPS) is 12.3. The molecule has 6 nitrogen and oxygen atoms in total. The van der Waals surface area contributed by atoms with E-state index < -0.39 is 11.9 Å². The molecule has 7 heteroatoms. The molecule has 1 atom stereocenters. The second-order valence-electron chi connectivity index (χ2n) is 6.77. The summed E-state index contributed by atoms with van der Waals surface area (Å²) in [6.45, 7) is 4.06. The number of rotatable bonds is 6. The van der Waals surface area contributed by atoms with E-state index in [1.165, 1.54) is 12.1 Å². The van der Waals surface area contributed by atoms with Gasteiger partial charge in [0.25, 0.3) is 5.91 Å². The first-order valence-corrected chi connectivity index (χ1v) is 8.65. The van der Waals surface area contributed by atoms with E-state index in [1.54, 1.807) is 36.7 Å². The van der Waals surface area contributed by atoms with Crippen molar-refractivity contribution in [3.05, 3.63) is 65.7 Å². The fourth-order valence-corrected chi connectivity index (χ4v) is 3.00. The maximum atomic E-state index is 13.1. The van der Waals surface area contributed by atoms with Crippen molar-refractivity contribution in [3.8, 4) is 0 Å². The molecule has 1 aromatic carbocycles. The number of carbonyl (C=O) groups excluding carboxylic acids is 2. The third kappa shape index (κ3) is 3.97. The Bertz CT molecular complexity index is 979. The van der Waals surface area contributed by atoms with Crippen molar-refractivity contribution in [2.24, 2.45) is 11.7 Å². The van der Waals surface area contributed by atoms with Crippen molar-refractivity contribution in [1.29, 1.82) is 0 Å². The molecule has 3 N–H and O–H groups in total. The van der Waals surface area contributed by atoms with Crippen LogP contribution in [0.3, 0.4) is 0 Å². The highest BCUT2D eigenvalue weighted by Crippen LogP contribution is 2.21. The molecular weight excluding hydrogens is 347 g/mol. The number of hydrogen-bond donors (Lipinski definition) is 2. The molecular formula is C20H21FN4O2. The van der Waals surface area contributed by atoms with Crippen molar-refractivity contribution in [2.75, 3.05) is 0 Å². The first-order chi connectivity index (χ1) is 12.9. The van der Waals surface area contributed by atoms with Gasteiger partial charge in [-0.1, -0.05) is 26.0 Å². The van der Waals surface area contributed by atoms with Gasteiger partial charge in [0.2, 0.25) is 5.91 Å². The molecule has 0 saturated carbocycles. The largest absolute Gasteiger partial charge is 0.368 e. The molecule has 0 radical (unpaired) electrons. The molecule has 0 saturated heterocycles. The van der Waals surface area contributed by atoms with Crippen LogP contribution in [-0.2, 0) is 11.3 Å². The maximum absolute atomic E-state index is 13.1. The Kier molecular flexibility index (Phi) is 5.21. The molecule has 0 fully saturated rings. The van der Waals surface area contributed by atoms with Gasteiger partial charge in [0, 0.05) is 24.3 Å². The molecule has 140 valence electrons. The van der Waals surface area contributed by atoms with Crippen molar-refractivity contribution < 1.29 is 14.0 Å². The molecule has 2 heterocycles. The topological polar surface area (TPSA) is 90.0 Å². The van der Waals surface area contributed by atoms with Gasteiger partial charge in [-0.15, -0.1) is 0 Å². The molecule has 2 amide bonds. The number of halogens is 1. The lowest BCUT2D eigenvalue weighted by Crippen LogP contribution is -2.47. The maximum Gasteiger partial charge on any atom is 0.254 e. The zero-order valence-corrected chi connectivity index (χ0v) is 15.1. The summed E-state index contributed by atoms with van der Waals surface area (Å²) >= 11 is 0. The van der Waals surface area contributed by atoms with E-state index in [4.69, 9.17) is 5.73 Å². The number of nitrogens with one attached hydrogen (secondary N) is 1. The molecule has 2 aromatic heterocycles. The zero-order valence-electron chi connectivity index (χ0n) is 15.1. The lowest BCUT2D eigenvalue weighted by Gasteiger charge is -2.18. The van der Waals surface area contributed by atoms with Crippen LogP contribution in [0.15, 0.2) is 48.8 Å². The van der Waals surface area contributed by atoms with Gasteiger partial charge in [0.15, 0.2) is 0 Å². The number of carbonyl (C=O) groups is 2. The minimum absolute atomic E-state index is 0.128. The molecule has 0 aliphatic carbocycles. The van der Waals surface area contributed by atoms with Gasteiger partial charge < -0.3 is 15.6 Å². The Labute approximate surface area is 156 Å². The Morgan fingerprint density at radius 3 is 2.56 bits per heavy atom. The first-order valence-electron chi connectivity index (χ1n) is 8.65. The number of benzene rings is 1. The predicted octanol–water partition coefficient (Wildman–Crippen LogP) is 2.46. The Morgan fingerprint density at radius 1 is 1.22 bits per heavy atom. The van der Waals surface area contributed by atoms with Gasteiger partial charge in [0.1, 0.15) is 17.5 Å². The number of nitrogens with zero attached hydrogens (tertiary/aromatic N) is 2. The minimum Gasteiger partial charge on any atom is -0.368 e. The molecule has 3 aromatic rings.